The van der Waals surface area contributed by atoms with Crippen molar-refractivity contribution in [3.8, 4) is 0 Å². The summed E-state index contributed by atoms with van der Waals surface area (Å²) in [6.45, 7) is 3.61. The van der Waals surface area contributed by atoms with Gasteiger partial charge in [-0.3, -0.25) is 0 Å². The second-order valence-electron chi connectivity index (χ2n) is 6.08. The quantitative estimate of drug-likeness (QED) is 0.888. The fraction of sp³-hybridized carbons (Fsp3) is 0.625. The number of halogens is 1. The van der Waals surface area contributed by atoms with Crippen LogP contribution in [0.5, 0.6) is 0 Å². The number of hydrogen-bond donors (Lipinski definition) is 1. The van der Waals surface area contributed by atoms with Gasteiger partial charge < -0.3 is 5.32 Å². The first-order valence-corrected chi connectivity index (χ1v) is 8.02. The second-order valence-corrected chi connectivity index (χ2v) is 6.99. The molecule has 1 nitrogen and oxygen atoms in total. The fourth-order valence-corrected chi connectivity index (χ4v) is 3.49. The van der Waals surface area contributed by atoms with Gasteiger partial charge in [-0.05, 0) is 73.7 Å². The van der Waals surface area contributed by atoms with Crippen molar-refractivity contribution < 1.29 is 0 Å². The molecule has 0 saturated heterocycles. The number of aryl methyl sites for hydroxylation is 1. The highest BCUT2D eigenvalue weighted by atomic mass is 79.9. The molecule has 2 aliphatic rings. The van der Waals surface area contributed by atoms with Crippen molar-refractivity contribution in [3.05, 3.63) is 33.8 Å². The van der Waals surface area contributed by atoms with Crippen LogP contribution in [0.15, 0.2) is 22.7 Å². The van der Waals surface area contributed by atoms with E-state index < -0.39 is 0 Å². The van der Waals surface area contributed by atoms with Crippen LogP contribution in [0.3, 0.4) is 0 Å². The van der Waals surface area contributed by atoms with Crippen LogP contribution in [0.4, 0.5) is 0 Å². The second kappa shape index (κ2) is 5.34. The normalized spacial score (nSPS) is 24.7. The minimum Gasteiger partial charge on any atom is -0.313 e. The molecule has 0 aliphatic heterocycles. The highest BCUT2D eigenvalue weighted by molar-refractivity contribution is 9.10. The molecule has 0 aromatic heterocycles. The first-order valence-electron chi connectivity index (χ1n) is 7.23. The van der Waals surface area contributed by atoms with E-state index in [4.69, 9.17) is 0 Å². The molecule has 0 radical (unpaired) electrons. The van der Waals surface area contributed by atoms with E-state index in [1.807, 2.05) is 0 Å². The van der Waals surface area contributed by atoms with E-state index in [-0.39, 0.29) is 0 Å². The summed E-state index contributed by atoms with van der Waals surface area (Å²) in [6, 6.07) is 7.45. The van der Waals surface area contributed by atoms with Crippen LogP contribution in [-0.2, 0) is 12.8 Å². The molecule has 2 aliphatic carbocycles. The average Bonchev–Trinajstić information content (AvgIpc) is 3.20. The minimum absolute atomic E-state index is 0.694. The summed E-state index contributed by atoms with van der Waals surface area (Å²) in [7, 11) is 0. The maximum atomic E-state index is 3.79. The zero-order valence-corrected chi connectivity index (χ0v) is 12.7. The summed E-state index contributed by atoms with van der Waals surface area (Å²) in [5.41, 5.74) is 3.08. The lowest BCUT2D eigenvalue weighted by molar-refractivity contribution is 0.390. The van der Waals surface area contributed by atoms with Gasteiger partial charge in [0, 0.05) is 10.5 Å². The van der Waals surface area contributed by atoms with Crippen molar-refractivity contribution in [2.75, 3.05) is 6.54 Å². The molecule has 18 heavy (non-hydrogen) atoms. The van der Waals surface area contributed by atoms with Crippen LogP contribution >= 0.6 is 15.9 Å². The van der Waals surface area contributed by atoms with Gasteiger partial charge in [0.15, 0.2) is 0 Å². The van der Waals surface area contributed by atoms with Gasteiger partial charge in [0.2, 0.25) is 0 Å². The maximum absolute atomic E-state index is 3.79. The van der Waals surface area contributed by atoms with Gasteiger partial charge >= 0.3 is 0 Å². The van der Waals surface area contributed by atoms with E-state index in [0.29, 0.717) is 6.04 Å². The van der Waals surface area contributed by atoms with Crippen molar-refractivity contribution in [1.29, 1.82) is 0 Å². The van der Waals surface area contributed by atoms with Gasteiger partial charge in [0.25, 0.3) is 0 Å². The molecule has 1 aromatic carbocycles. The van der Waals surface area contributed by atoms with Crippen LogP contribution in [0.1, 0.15) is 37.3 Å². The smallest absolute Gasteiger partial charge is 0.0178 e. The Labute approximate surface area is 118 Å². The highest BCUT2D eigenvalue weighted by Crippen LogP contribution is 2.36. The molecular weight excluding hydrogens is 286 g/mol. The number of benzene rings is 1. The summed E-state index contributed by atoms with van der Waals surface area (Å²) in [5.74, 6) is 1.89. The van der Waals surface area contributed by atoms with Gasteiger partial charge in [-0.15, -0.1) is 0 Å². The topological polar surface area (TPSA) is 12.0 Å². The van der Waals surface area contributed by atoms with Crippen LogP contribution in [-0.4, -0.2) is 12.6 Å². The van der Waals surface area contributed by atoms with E-state index >= 15 is 0 Å². The van der Waals surface area contributed by atoms with Crippen molar-refractivity contribution in [2.45, 2.75) is 45.1 Å². The van der Waals surface area contributed by atoms with Gasteiger partial charge in [-0.25, -0.2) is 0 Å². The van der Waals surface area contributed by atoms with Crippen LogP contribution in [0, 0.1) is 11.8 Å². The summed E-state index contributed by atoms with van der Waals surface area (Å²) in [4.78, 5) is 0. The molecule has 0 amide bonds. The van der Waals surface area contributed by atoms with Crippen LogP contribution in [0.2, 0.25) is 0 Å². The van der Waals surface area contributed by atoms with Gasteiger partial charge in [0.05, 0.1) is 0 Å². The Kier molecular flexibility index (Phi) is 3.76. The number of fused-ring (bicyclic) bond motifs is 1. The van der Waals surface area contributed by atoms with Crippen LogP contribution in [0.25, 0.3) is 0 Å². The summed E-state index contributed by atoms with van der Waals surface area (Å²) in [5, 5.41) is 3.79. The van der Waals surface area contributed by atoms with E-state index in [1.54, 1.807) is 5.56 Å². The van der Waals surface area contributed by atoms with E-state index in [9.17, 15) is 0 Å². The Bertz CT molecular complexity index is 425. The van der Waals surface area contributed by atoms with Gasteiger partial charge in [0.1, 0.15) is 0 Å². The molecule has 98 valence electrons. The monoisotopic (exact) mass is 307 g/mol. The number of rotatable bonds is 4. The number of nitrogens with one attached hydrogen (secondary N) is 1. The largest absolute Gasteiger partial charge is 0.313 e. The Hall–Kier alpha value is -0.340. The molecule has 2 unspecified atom stereocenters. The molecule has 1 saturated carbocycles. The molecule has 3 rings (SSSR count). The Balaban J connectivity index is 1.55. The standard InChI is InChI=1S/C16H22BrN/c1-11(12-2-3-12)10-18-16-7-5-13-8-15(17)6-4-14(13)9-16/h4,6,8,11-12,16,18H,2-3,5,7,9-10H2,1H3. The maximum Gasteiger partial charge on any atom is 0.0178 e. The lowest BCUT2D eigenvalue weighted by atomic mass is 9.88. The first-order chi connectivity index (χ1) is 8.72. The summed E-state index contributed by atoms with van der Waals surface area (Å²) < 4.78 is 1.22. The van der Waals surface area contributed by atoms with Crippen LogP contribution < -0.4 is 5.32 Å². The molecular formula is C16H22BrN. The van der Waals surface area contributed by atoms with Gasteiger partial charge in [-0.2, -0.15) is 0 Å². The average molecular weight is 308 g/mol. The molecule has 0 bridgehead atoms. The Morgan fingerprint density at radius 1 is 1.28 bits per heavy atom. The fourth-order valence-electron chi connectivity index (χ4n) is 3.08. The lowest BCUT2D eigenvalue weighted by Gasteiger charge is -2.27. The third kappa shape index (κ3) is 2.97. The van der Waals surface area contributed by atoms with Gasteiger partial charge in [-0.1, -0.05) is 28.9 Å². The summed E-state index contributed by atoms with van der Waals surface area (Å²) >= 11 is 3.56. The third-order valence-corrected chi connectivity index (χ3v) is 5.05. The zero-order valence-electron chi connectivity index (χ0n) is 11.1. The first kappa shape index (κ1) is 12.7. The molecule has 1 aromatic rings. The van der Waals surface area contributed by atoms with E-state index in [0.717, 1.165) is 11.8 Å². The van der Waals surface area contributed by atoms with Crippen molar-refractivity contribution in [2.24, 2.45) is 11.8 Å². The van der Waals surface area contributed by atoms with Crippen molar-refractivity contribution in [3.63, 3.8) is 0 Å². The molecule has 0 spiro atoms. The predicted octanol–water partition coefficient (Wildman–Crippen LogP) is 3.94. The zero-order chi connectivity index (χ0) is 12.5. The molecule has 2 heteroatoms. The predicted molar refractivity (Wildman–Crippen MR) is 79.8 cm³/mol. The molecule has 1 N–H and O–H groups in total. The Morgan fingerprint density at radius 3 is 2.89 bits per heavy atom. The van der Waals surface area contributed by atoms with Crippen molar-refractivity contribution >= 4 is 15.9 Å². The third-order valence-electron chi connectivity index (χ3n) is 4.55. The molecule has 2 atom stereocenters. The van der Waals surface area contributed by atoms with E-state index in [1.165, 1.54) is 48.7 Å². The Morgan fingerprint density at radius 2 is 2.11 bits per heavy atom. The van der Waals surface area contributed by atoms with E-state index in [2.05, 4.69) is 46.4 Å². The molecule has 0 heterocycles. The highest BCUT2D eigenvalue weighted by Gasteiger charge is 2.28. The number of hydrogen-bond acceptors (Lipinski definition) is 1. The molecule has 1 fully saturated rings. The summed E-state index contributed by atoms with van der Waals surface area (Å²) in [6.07, 6.45) is 6.65. The lowest BCUT2D eigenvalue weighted by Crippen LogP contribution is -2.37. The SMILES string of the molecule is CC(CNC1CCc2cc(Br)ccc2C1)C1CC1. The minimum atomic E-state index is 0.694. The van der Waals surface area contributed by atoms with Crippen molar-refractivity contribution in [1.82, 2.24) is 5.32 Å².